The lowest BCUT2D eigenvalue weighted by molar-refractivity contribution is -0.137. The predicted octanol–water partition coefficient (Wildman–Crippen LogP) is 1.40. The van der Waals surface area contributed by atoms with E-state index in [0.29, 0.717) is 12.3 Å². The third kappa shape index (κ3) is 4.23. The number of hydrogen-bond donors (Lipinski definition) is 2. The van der Waals surface area contributed by atoms with Gasteiger partial charge in [-0.15, -0.1) is 0 Å². The molecule has 0 spiro atoms. The molecular formula is C12H9F3N4O3S. The molecule has 0 fully saturated rings. The van der Waals surface area contributed by atoms with Crippen LogP contribution in [0.5, 0.6) is 0 Å². The normalized spacial score (nSPS) is 12.0. The molecule has 1 amide bonds. The zero-order valence-corrected chi connectivity index (χ0v) is 12.0. The van der Waals surface area contributed by atoms with Gasteiger partial charge >= 0.3 is 6.18 Å². The molecule has 2 rings (SSSR count). The number of rotatable bonds is 3. The number of primary sulfonamides is 1. The van der Waals surface area contributed by atoms with Crippen molar-refractivity contribution in [1.29, 1.82) is 0 Å². The summed E-state index contributed by atoms with van der Waals surface area (Å²) in [7, 11) is -4.08. The summed E-state index contributed by atoms with van der Waals surface area (Å²) in [5.41, 5.74) is -1.41. The smallest absolute Gasteiger partial charge is 0.322 e. The largest absolute Gasteiger partial charge is 0.417 e. The lowest BCUT2D eigenvalue weighted by atomic mass is 10.2. The van der Waals surface area contributed by atoms with Crippen molar-refractivity contribution in [2.75, 3.05) is 5.32 Å². The molecule has 0 aliphatic rings. The summed E-state index contributed by atoms with van der Waals surface area (Å²) in [4.78, 5) is 18.8. The van der Waals surface area contributed by atoms with E-state index in [1.165, 1.54) is 6.07 Å². The highest BCUT2D eigenvalue weighted by Crippen LogP contribution is 2.29. The molecule has 122 valence electrons. The molecule has 0 aliphatic heterocycles. The summed E-state index contributed by atoms with van der Waals surface area (Å²) in [6.07, 6.45) is -2.02. The average molecular weight is 346 g/mol. The maximum Gasteiger partial charge on any atom is 0.417 e. The Kier molecular flexibility index (Phi) is 4.34. The minimum absolute atomic E-state index is 0.00596. The summed E-state index contributed by atoms with van der Waals surface area (Å²) in [6, 6.07) is 2.87. The molecule has 2 aromatic heterocycles. The van der Waals surface area contributed by atoms with Gasteiger partial charge in [0.05, 0.1) is 11.1 Å². The van der Waals surface area contributed by atoms with Crippen LogP contribution in [0.1, 0.15) is 15.9 Å². The lowest BCUT2D eigenvalue weighted by Crippen LogP contribution is -2.17. The molecule has 0 saturated heterocycles. The van der Waals surface area contributed by atoms with Gasteiger partial charge in [-0.25, -0.2) is 18.5 Å². The van der Waals surface area contributed by atoms with E-state index in [-0.39, 0.29) is 11.3 Å². The van der Waals surface area contributed by atoms with Crippen LogP contribution in [-0.2, 0) is 16.2 Å². The zero-order chi connectivity index (χ0) is 17.3. The first kappa shape index (κ1) is 16.8. The van der Waals surface area contributed by atoms with E-state index in [1.54, 1.807) is 0 Å². The quantitative estimate of drug-likeness (QED) is 0.871. The Hall–Kier alpha value is -2.53. The molecule has 2 aromatic rings. The Bertz CT molecular complexity index is 853. The molecular weight excluding hydrogens is 337 g/mol. The lowest BCUT2D eigenvalue weighted by Gasteiger charge is -2.09. The van der Waals surface area contributed by atoms with Crippen LogP contribution in [0.15, 0.2) is 41.8 Å². The molecule has 7 nitrogen and oxygen atoms in total. The number of carbonyl (C=O) groups excluding carboxylic acids is 1. The van der Waals surface area contributed by atoms with E-state index in [9.17, 15) is 26.4 Å². The number of nitrogens with one attached hydrogen (secondary N) is 1. The highest BCUT2D eigenvalue weighted by Gasteiger charge is 2.31. The van der Waals surface area contributed by atoms with Crippen molar-refractivity contribution >= 4 is 21.6 Å². The summed E-state index contributed by atoms with van der Waals surface area (Å²) < 4.78 is 60.1. The molecule has 2 heterocycles. The maximum absolute atomic E-state index is 12.6. The van der Waals surface area contributed by atoms with Crippen molar-refractivity contribution in [3.8, 4) is 0 Å². The van der Waals surface area contributed by atoms with Crippen LogP contribution >= 0.6 is 0 Å². The van der Waals surface area contributed by atoms with Gasteiger partial charge in [0.25, 0.3) is 15.9 Å². The number of nitrogens with two attached hydrogens (primary N) is 1. The third-order valence-electron chi connectivity index (χ3n) is 2.61. The van der Waals surface area contributed by atoms with Gasteiger partial charge in [0.1, 0.15) is 0 Å². The van der Waals surface area contributed by atoms with Gasteiger partial charge in [-0.1, -0.05) is 0 Å². The Morgan fingerprint density at radius 3 is 2.52 bits per heavy atom. The van der Waals surface area contributed by atoms with Crippen molar-refractivity contribution < 1.29 is 26.4 Å². The van der Waals surface area contributed by atoms with E-state index in [2.05, 4.69) is 15.3 Å². The van der Waals surface area contributed by atoms with Crippen molar-refractivity contribution in [2.24, 2.45) is 5.14 Å². The standard InChI is InChI=1S/C12H9F3N4O3S/c13-12(14,15)8-3-7(5-17-6-8)11(20)19-9-1-2-18-10(4-9)23(16,21)22/h1-6H,(H2,16,21,22)(H,18,19,20). The van der Waals surface area contributed by atoms with Crippen molar-refractivity contribution in [3.05, 3.63) is 47.9 Å². The van der Waals surface area contributed by atoms with Crippen LogP contribution < -0.4 is 10.5 Å². The fraction of sp³-hybridized carbons (Fsp3) is 0.0833. The van der Waals surface area contributed by atoms with E-state index < -0.39 is 32.7 Å². The van der Waals surface area contributed by atoms with Gasteiger partial charge in [-0.3, -0.25) is 9.78 Å². The summed E-state index contributed by atoms with van der Waals surface area (Å²) in [6.45, 7) is 0. The topological polar surface area (TPSA) is 115 Å². The average Bonchev–Trinajstić information content (AvgIpc) is 2.46. The first-order valence-corrected chi connectivity index (χ1v) is 7.44. The number of hydrogen-bond acceptors (Lipinski definition) is 5. The number of carbonyl (C=O) groups is 1. The number of amides is 1. The van der Waals surface area contributed by atoms with Gasteiger partial charge in [-0.05, 0) is 12.1 Å². The van der Waals surface area contributed by atoms with Gasteiger partial charge in [0.2, 0.25) is 0 Å². The van der Waals surface area contributed by atoms with Gasteiger partial charge in [-0.2, -0.15) is 13.2 Å². The minimum Gasteiger partial charge on any atom is -0.322 e. The molecule has 0 aliphatic carbocycles. The second kappa shape index (κ2) is 5.93. The van der Waals surface area contributed by atoms with Crippen LogP contribution in [0.25, 0.3) is 0 Å². The molecule has 0 aromatic carbocycles. The highest BCUT2D eigenvalue weighted by atomic mass is 32.2. The molecule has 0 radical (unpaired) electrons. The monoisotopic (exact) mass is 346 g/mol. The van der Waals surface area contributed by atoms with Crippen LogP contribution in [0.3, 0.4) is 0 Å². The number of nitrogens with zero attached hydrogens (tertiary/aromatic N) is 2. The molecule has 0 atom stereocenters. The van der Waals surface area contributed by atoms with Crippen molar-refractivity contribution in [1.82, 2.24) is 9.97 Å². The Morgan fingerprint density at radius 2 is 1.91 bits per heavy atom. The molecule has 3 N–H and O–H groups in total. The second-order valence-electron chi connectivity index (χ2n) is 4.34. The molecule has 0 bridgehead atoms. The summed E-state index contributed by atoms with van der Waals surface area (Å²) in [5, 5.41) is 6.65. The fourth-order valence-corrected chi connectivity index (χ4v) is 2.06. The maximum atomic E-state index is 12.6. The SMILES string of the molecule is NS(=O)(=O)c1cc(NC(=O)c2cncc(C(F)(F)F)c2)ccn1. The van der Waals surface area contributed by atoms with E-state index in [4.69, 9.17) is 5.14 Å². The number of pyridine rings is 2. The van der Waals surface area contributed by atoms with Crippen LogP contribution in [0.4, 0.5) is 18.9 Å². The number of sulfonamides is 1. The van der Waals surface area contributed by atoms with E-state index in [1.807, 2.05) is 0 Å². The molecule has 0 saturated carbocycles. The highest BCUT2D eigenvalue weighted by molar-refractivity contribution is 7.89. The summed E-state index contributed by atoms with van der Waals surface area (Å²) in [5.74, 6) is -0.893. The number of anilines is 1. The van der Waals surface area contributed by atoms with Gasteiger partial charge in [0.15, 0.2) is 5.03 Å². The second-order valence-corrected chi connectivity index (χ2v) is 5.85. The first-order chi connectivity index (χ1) is 10.6. The van der Waals surface area contributed by atoms with E-state index in [0.717, 1.165) is 18.5 Å². The number of aromatic nitrogens is 2. The van der Waals surface area contributed by atoms with Gasteiger partial charge in [0, 0.05) is 30.3 Å². The Balaban J connectivity index is 2.27. The molecule has 23 heavy (non-hydrogen) atoms. The number of halogens is 3. The zero-order valence-electron chi connectivity index (χ0n) is 11.2. The van der Waals surface area contributed by atoms with Crippen molar-refractivity contribution in [2.45, 2.75) is 11.2 Å². The Morgan fingerprint density at radius 1 is 1.22 bits per heavy atom. The predicted molar refractivity (Wildman–Crippen MR) is 72.8 cm³/mol. The summed E-state index contributed by atoms with van der Waals surface area (Å²) >= 11 is 0. The fourth-order valence-electron chi connectivity index (χ4n) is 1.57. The molecule has 0 unspecified atom stereocenters. The minimum atomic E-state index is -4.64. The third-order valence-corrected chi connectivity index (χ3v) is 3.42. The van der Waals surface area contributed by atoms with Crippen LogP contribution in [0.2, 0.25) is 0 Å². The van der Waals surface area contributed by atoms with Crippen molar-refractivity contribution in [3.63, 3.8) is 0 Å². The van der Waals surface area contributed by atoms with E-state index >= 15 is 0 Å². The van der Waals surface area contributed by atoms with Crippen LogP contribution in [0, 0.1) is 0 Å². The van der Waals surface area contributed by atoms with Crippen LogP contribution in [-0.4, -0.2) is 24.3 Å². The Labute approximate surface area is 128 Å². The van der Waals surface area contributed by atoms with Gasteiger partial charge < -0.3 is 5.32 Å². The first-order valence-electron chi connectivity index (χ1n) is 5.90. The number of alkyl halides is 3. The molecule has 11 heteroatoms.